The van der Waals surface area contributed by atoms with Crippen LogP contribution >= 0.6 is 0 Å². The average molecular weight is 285 g/mol. The zero-order chi connectivity index (χ0) is 14.5. The van der Waals surface area contributed by atoms with Crippen LogP contribution in [0, 0.1) is 11.3 Å². The molecule has 1 aromatic heterocycles. The number of aromatic nitrogens is 1. The normalized spacial score (nSPS) is 29.6. The summed E-state index contributed by atoms with van der Waals surface area (Å²) < 4.78 is 6.35. The third kappa shape index (κ3) is 3.61. The molecule has 4 nitrogen and oxygen atoms in total. The zero-order valence-electron chi connectivity index (χ0n) is 12.5. The average Bonchev–Trinajstić information content (AvgIpc) is 2.89. The molecule has 0 amide bonds. The number of nitriles is 1. The lowest BCUT2D eigenvalue weighted by Crippen LogP contribution is -2.47. The molecule has 2 fully saturated rings. The van der Waals surface area contributed by atoms with Crippen LogP contribution in [0.5, 0.6) is 0 Å². The molecule has 1 spiro atoms. The van der Waals surface area contributed by atoms with E-state index in [1.165, 1.54) is 6.42 Å². The van der Waals surface area contributed by atoms with E-state index in [0.29, 0.717) is 12.5 Å². The molecule has 2 aliphatic rings. The van der Waals surface area contributed by atoms with Crippen LogP contribution in [0.15, 0.2) is 24.4 Å². The van der Waals surface area contributed by atoms with E-state index in [1.54, 1.807) is 0 Å². The number of pyridine rings is 1. The molecule has 0 radical (unpaired) electrons. The topological polar surface area (TPSA) is 49.2 Å². The molecule has 3 heterocycles. The number of ether oxygens (including phenoxy) is 1. The number of likely N-dealkylation sites (tertiary alicyclic amines) is 1. The van der Waals surface area contributed by atoms with Crippen molar-refractivity contribution in [3.05, 3.63) is 30.1 Å². The number of hydrogen-bond acceptors (Lipinski definition) is 4. The third-order valence-electron chi connectivity index (χ3n) is 4.65. The van der Waals surface area contributed by atoms with Crippen molar-refractivity contribution in [2.24, 2.45) is 0 Å². The first-order chi connectivity index (χ1) is 10.3. The van der Waals surface area contributed by atoms with E-state index < -0.39 is 0 Å². The smallest absolute Gasteiger partial charge is 0.0814 e. The molecule has 0 aliphatic carbocycles. The highest BCUT2D eigenvalue weighted by atomic mass is 16.5. The Morgan fingerprint density at radius 3 is 3.19 bits per heavy atom. The molecule has 2 saturated heterocycles. The van der Waals surface area contributed by atoms with Gasteiger partial charge in [-0.3, -0.25) is 9.88 Å². The van der Waals surface area contributed by atoms with Gasteiger partial charge in [-0.1, -0.05) is 6.07 Å². The number of piperidine rings is 1. The van der Waals surface area contributed by atoms with Gasteiger partial charge in [-0.05, 0) is 50.8 Å². The number of nitrogens with zero attached hydrogens (tertiary/aromatic N) is 3. The molecule has 2 atom stereocenters. The summed E-state index contributed by atoms with van der Waals surface area (Å²) in [5.41, 5.74) is 1.17. The highest BCUT2D eigenvalue weighted by Crippen LogP contribution is 2.39. The Balaban J connectivity index is 1.57. The fourth-order valence-electron chi connectivity index (χ4n) is 3.67. The van der Waals surface area contributed by atoms with Gasteiger partial charge in [-0.25, -0.2) is 0 Å². The van der Waals surface area contributed by atoms with E-state index in [0.717, 1.165) is 51.0 Å². The third-order valence-corrected chi connectivity index (χ3v) is 4.65. The van der Waals surface area contributed by atoms with Gasteiger partial charge in [0, 0.05) is 25.7 Å². The van der Waals surface area contributed by atoms with Crippen LogP contribution in [-0.2, 0) is 11.3 Å². The Bertz CT molecular complexity index is 499. The minimum atomic E-state index is 0.0349. The summed E-state index contributed by atoms with van der Waals surface area (Å²) in [5.74, 6) is 0. The largest absolute Gasteiger partial charge is 0.370 e. The Kier molecular flexibility index (Phi) is 4.52. The molecule has 0 N–H and O–H groups in total. The highest BCUT2D eigenvalue weighted by Gasteiger charge is 2.42. The van der Waals surface area contributed by atoms with E-state index in [-0.39, 0.29) is 5.60 Å². The van der Waals surface area contributed by atoms with E-state index >= 15 is 0 Å². The lowest BCUT2D eigenvalue weighted by Gasteiger charge is -2.40. The first-order valence-electron chi connectivity index (χ1n) is 7.97. The SMILES string of the molecule is N#CCC[C@H]1CC[C@]2(CCCN(Cc3ccccn3)C2)O1. The maximum absolute atomic E-state index is 8.71. The van der Waals surface area contributed by atoms with Gasteiger partial charge in [0.2, 0.25) is 0 Å². The molecule has 2 aliphatic heterocycles. The molecule has 112 valence electrons. The minimum absolute atomic E-state index is 0.0349. The Morgan fingerprint density at radius 1 is 1.43 bits per heavy atom. The maximum atomic E-state index is 8.71. The standard InChI is InChI=1S/C17H23N3O/c18-10-3-6-16-7-9-17(21-16)8-4-12-20(14-17)13-15-5-1-2-11-19-15/h1-2,5,11,16H,3-4,6-9,12-14H2/t16-,17-/m0/s1. The molecular formula is C17H23N3O. The van der Waals surface area contributed by atoms with Gasteiger partial charge in [0.25, 0.3) is 0 Å². The molecule has 1 aromatic rings. The van der Waals surface area contributed by atoms with Gasteiger partial charge in [0.15, 0.2) is 0 Å². The summed E-state index contributed by atoms with van der Waals surface area (Å²) in [6.45, 7) is 3.05. The van der Waals surface area contributed by atoms with E-state index in [2.05, 4.69) is 22.0 Å². The van der Waals surface area contributed by atoms with Gasteiger partial charge in [-0.2, -0.15) is 5.26 Å². The van der Waals surface area contributed by atoms with Crippen molar-refractivity contribution in [3.63, 3.8) is 0 Å². The van der Waals surface area contributed by atoms with Crippen molar-refractivity contribution >= 4 is 0 Å². The molecular weight excluding hydrogens is 262 g/mol. The van der Waals surface area contributed by atoms with Crippen LogP contribution in [0.2, 0.25) is 0 Å². The predicted octanol–water partition coefficient (Wildman–Crippen LogP) is 2.90. The molecule has 4 heteroatoms. The summed E-state index contributed by atoms with van der Waals surface area (Å²) in [6, 6.07) is 8.33. The molecule has 3 rings (SSSR count). The quantitative estimate of drug-likeness (QED) is 0.853. The summed E-state index contributed by atoms with van der Waals surface area (Å²) in [7, 11) is 0. The van der Waals surface area contributed by atoms with Gasteiger partial charge >= 0.3 is 0 Å². The van der Waals surface area contributed by atoms with Crippen molar-refractivity contribution in [1.82, 2.24) is 9.88 Å². The minimum Gasteiger partial charge on any atom is -0.370 e. The fourth-order valence-corrected chi connectivity index (χ4v) is 3.67. The van der Waals surface area contributed by atoms with Crippen LogP contribution in [0.1, 0.15) is 44.2 Å². The van der Waals surface area contributed by atoms with Crippen molar-refractivity contribution < 1.29 is 4.74 Å². The van der Waals surface area contributed by atoms with E-state index in [4.69, 9.17) is 10.00 Å². The van der Waals surface area contributed by atoms with Crippen LogP contribution in [0.25, 0.3) is 0 Å². The Morgan fingerprint density at radius 2 is 2.38 bits per heavy atom. The summed E-state index contributed by atoms with van der Waals surface area (Å²) in [5, 5.41) is 8.71. The van der Waals surface area contributed by atoms with Crippen LogP contribution in [0.4, 0.5) is 0 Å². The van der Waals surface area contributed by atoms with E-state index in [1.807, 2.05) is 18.3 Å². The summed E-state index contributed by atoms with van der Waals surface area (Å²) >= 11 is 0. The highest BCUT2D eigenvalue weighted by molar-refractivity contribution is 5.04. The number of hydrogen-bond donors (Lipinski definition) is 0. The van der Waals surface area contributed by atoms with Gasteiger partial charge in [0.1, 0.15) is 0 Å². The van der Waals surface area contributed by atoms with Crippen LogP contribution in [0.3, 0.4) is 0 Å². The van der Waals surface area contributed by atoms with Crippen molar-refractivity contribution in [2.75, 3.05) is 13.1 Å². The van der Waals surface area contributed by atoms with Gasteiger partial charge < -0.3 is 4.74 Å². The predicted molar refractivity (Wildman–Crippen MR) is 80.4 cm³/mol. The molecule has 21 heavy (non-hydrogen) atoms. The second kappa shape index (κ2) is 6.55. The van der Waals surface area contributed by atoms with Crippen LogP contribution in [-0.4, -0.2) is 34.7 Å². The van der Waals surface area contributed by atoms with Gasteiger partial charge in [0.05, 0.1) is 23.5 Å². The Hall–Kier alpha value is -1.44. The van der Waals surface area contributed by atoms with Gasteiger partial charge in [-0.15, -0.1) is 0 Å². The molecule has 0 aromatic carbocycles. The maximum Gasteiger partial charge on any atom is 0.0814 e. The summed E-state index contributed by atoms with van der Waals surface area (Å²) in [4.78, 5) is 6.90. The van der Waals surface area contributed by atoms with Crippen molar-refractivity contribution in [2.45, 2.75) is 56.8 Å². The first kappa shape index (κ1) is 14.5. The molecule has 0 bridgehead atoms. The Labute approximate surface area is 126 Å². The summed E-state index contributed by atoms with van der Waals surface area (Å²) in [6.07, 6.45) is 8.25. The van der Waals surface area contributed by atoms with Crippen molar-refractivity contribution in [3.8, 4) is 6.07 Å². The first-order valence-corrected chi connectivity index (χ1v) is 7.97. The van der Waals surface area contributed by atoms with E-state index in [9.17, 15) is 0 Å². The monoisotopic (exact) mass is 285 g/mol. The zero-order valence-corrected chi connectivity index (χ0v) is 12.5. The second-order valence-corrected chi connectivity index (χ2v) is 6.29. The number of rotatable bonds is 4. The van der Waals surface area contributed by atoms with Crippen LogP contribution < -0.4 is 0 Å². The lowest BCUT2D eigenvalue weighted by molar-refractivity contribution is -0.0860. The second-order valence-electron chi connectivity index (χ2n) is 6.29. The lowest BCUT2D eigenvalue weighted by atomic mass is 9.89. The fraction of sp³-hybridized carbons (Fsp3) is 0.647. The molecule has 0 saturated carbocycles. The van der Waals surface area contributed by atoms with Crippen molar-refractivity contribution in [1.29, 1.82) is 5.26 Å². The molecule has 0 unspecified atom stereocenters.